The van der Waals surface area contributed by atoms with Gasteiger partial charge in [0.05, 0.1) is 16.8 Å². The summed E-state index contributed by atoms with van der Waals surface area (Å²) in [6.07, 6.45) is 0. The highest BCUT2D eigenvalue weighted by molar-refractivity contribution is 14.1. The van der Waals surface area contributed by atoms with E-state index in [1.165, 1.54) is 6.92 Å². The van der Waals surface area contributed by atoms with Crippen LogP contribution in [0.3, 0.4) is 0 Å². The third-order valence-corrected chi connectivity index (χ3v) is 4.53. The van der Waals surface area contributed by atoms with Crippen molar-refractivity contribution in [2.24, 2.45) is 10.1 Å². The smallest absolute Gasteiger partial charge is 0.332 e. The lowest BCUT2D eigenvalue weighted by Crippen LogP contribution is -2.14. The summed E-state index contributed by atoms with van der Waals surface area (Å²) in [5.74, 6) is -0.520. The molecule has 0 spiro atoms. The Morgan fingerprint density at radius 3 is 2.88 bits per heavy atom. The predicted molar refractivity (Wildman–Crippen MR) is 104 cm³/mol. The zero-order valence-electron chi connectivity index (χ0n) is 13.1. The molecule has 2 heterocycles. The van der Waals surface area contributed by atoms with Gasteiger partial charge in [-0.05, 0) is 40.8 Å². The van der Waals surface area contributed by atoms with Crippen molar-refractivity contribution in [3.63, 3.8) is 0 Å². The van der Waals surface area contributed by atoms with Gasteiger partial charge in [-0.3, -0.25) is 0 Å². The van der Waals surface area contributed by atoms with Crippen molar-refractivity contribution in [1.82, 2.24) is 4.98 Å². The Kier molecular flexibility index (Phi) is 3.79. The van der Waals surface area contributed by atoms with Gasteiger partial charge in [0.1, 0.15) is 11.4 Å². The molecule has 1 aliphatic rings. The highest BCUT2D eigenvalue weighted by Crippen LogP contribution is 2.36. The Hall–Kier alpha value is -2.68. The first kappa shape index (κ1) is 15.8. The zero-order chi connectivity index (χ0) is 17.6. The van der Waals surface area contributed by atoms with Gasteiger partial charge in [-0.25, -0.2) is 9.79 Å². The molecule has 0 saturated heterocycles. The molecule has 0 bridgehead atoms. The summed E-state index contributed by atoms with van der Waals surface area (Å²) in [4.78, 5) is 23.6. The number of H-pyrrole nitrogens is 1. The Bertz CT molecular complexity index is 1080. The van der Waals surface area contributed by atoms with Crippen molar-refractivity contribution >= 4 is 56.6 Å². The van der Waals surface area contributed by atoms with E-state index in [1.807, 2.05) is 42.5 Å². The largest absolute Gasteiger partial charge is 0.494 e. The summed E-state index contributed by atoms with van der Waals surface area (Å²) in [7, 11) is 0. The van der Waals surface area contributed by atoms with E-state index in [0.717, 1.165) is 20.0 Å². The lowest BCUT2D eigenvalue weighted by atomic mass is 10.0. The van der Waals surface area contributed by atoms with Crippen LogP contribution in [0.5, 0.6) is 5.88 Å². The van der Waals surface area contributed by atoms with Crippen LogP contribution in [-0.4, -0.2) is 27.5 Å². The van der Waals surface area contributed by atoms with E-state index >= 15 is 0 Å². The third-order valence-electron chi connectivity index (χ3n) is 3.86. The van der Waals surface area contributed by atoms with Crippen LogP contribution >= 0.6 is 22.6 Å². The molecule has 2 aromatic carbocycles. The van der Waals surface area contributed by atoms with Crippen molar-refractivity contribution in [2.45, 2.75) is 6.92 Å². The minimum Gasteiger partial charge on any atom is -0.494 e. The summed E-state index contributed by atoms with van der Waals surface area (Å²) >= 11 is 2.21. The minimum atomic E-state index is -0.520. The Labute approximate surface area is 156 Å². The number of aromatic amines is 1. The summed E-state index contributed by atoms with van der Waals surface area (Å²) < 4.78 is 1.04. The molecule has 2 N–H and O–H groups in total. The average molecular weight is 445 g/mol. The maximum absolute atomic E-state index is 11.2. The molecule has 124 valence electrons. The number of carbonyl (C=O) groups excluding carboxylic acids is 1. The molecule has 4 rings (SSSR count). The fourth-order valence-corrected chi connectivity index (χ4v) is 3.34. The zero-order valence-corrected chi connectivity index (χ0v) is 15.2. The molecule has 3 aromatic rings. The molecule has 25 heavy (non-hydrogen) atoms. The van der Waals surface area contributed by atoms with Crippen molar-refractivity contribution in [1.29, 1.82) is 0 Å². The Balaban J connectivity index is 1.94. The number of aliphatic imine (C=N–C) groups is 1. The van der Waals surface area contributed by atoms with E-state index in [-0.39, 0.29) is 5.88 Å². The first-order valence-corrected chi connectivity index (χ1v) is 8.57. The maximum atomic E-state index is 11.2. The van der Waals surface area contributed by atoms with Crippen molar-refractivity contribution in [2.75, 3.05) is 0 Å². The third kappa shape index (κ3) is 2.70. The topological polar surface area (TPSA) is 87.0 Å². The number of aromatic nitrogens is 1. The second-order valence-electron chi connectivity index (χ2n) is 5.54. The second-order valence-corrected chi connectivity index (χ2v) is 6.78. The van der Waals surface area contributed by atoms with E-state index < -0.39 is 5.97 Å². The number of hydrogen-bond donors (Lipinski definition) is 2. The fourth-order valence-electron chi connectivity index (χ4n) is 2.84. The van der Waals surface area contributed by atoms with Gasteiger partial charge < -0.3 is 14.9 Å². The van der Waals surface area contributed by atoms with Crippen molar-refractivity contribution < 1.29 is 14.7 Å². The molecule has 0 fully saturated rings. The molecule has 0 amide bonds. The van der Waals surface area contributed by atoms with Gasteiger partial charge in [0.2, 0.25) is 0 Å². The molecule has 7 heteroatoms. The van der Waals surface area contributed by atoms with Crippen LogP contribution in [0.4, 0.5) is 5.69 Å². The Morgan fingerprint density at radius 2 is 2.08 bits per heavy atom. The van der Waals surface area contributed by atoms with E-state index in [2.05, 4.69) is 37.7 Å². The van der Waals surface area contributed by atoms with Gasteiger partial charge in [0.25, 0.3) is 0 Å². The van der Waals surface area contributed by atoms with Crippen LogP contribution in [0.2, 0.25) is 0 Å². The number of halogens is 1. The number of nitrogens with zero attached hydrogens (tertiary/aromatic N) is 2. The van der Waals surface area contributed by atoms with E-state index in [9.17, 15) is 9.90 Å². The Morgan fingerprint density at radius 1 is 1.28 bits per heavy atom. The van der Waals surface area contributed by atoms with E-state index in [0.29, 0.717) is 22.7 Å². The van der Waals surface area contributed by atoms with Crippen LogP contribution in [0.15, 0.2) is 52.6 Å². The molecule has 0 radical (unpaired) electrons. The standard InChI is InChI=1S/C18H12IN3O3/c1-9(23)25-22-16-12-4-2-3-5-13(12)20-17(16)15-11-7-6-10(19)8-14(11)21-18(15)24/h2-8,21,24H,1H3. The number of rotatable bonds is 2. The van der Waals surface area contributed by atoms with Gasteiger partial charge in [0, 0.05) is 21.4 Å². The second kappa shape index (κ2) is 5.99. The molecule has 6 nitrogen and oxygen atoms in total. The molecule has 1 aliphatic heterocycles. The first-order chi connectivity index (χ1) is 12.0. The van der Waals surface area contributed by atoms with Crippen molar-refractivity contribution in [3.8, 4) is 5.88 Å². The predicted octanol–water partition coefficient (Wildman–Crippen LogP) is 3.88. The summed E-state index contributed by atoms with van der Waals surface area (Å²) in [6.45, 7) is 1.28. The summed E-state index contributed by atoms with van der Waals surface area (Å²) in [5.41, 5.74) is 3.67. The summed E-state index contributed by atoms with van der Waals surface area (Å²) in [5, 5.41) is 15.3. The number of hydrogen-bond acceptors (Lipinski definition) is 5. The van der Waals surface area contributed by atoms with E-state index in [4.69, 9.17) is 4.84 Å². The van der Waals surface area contributed by atoms with Crippen LogP contribution in [0.1, 0.15) is 18.1 Å². The number of para-hydroxylation sites is 1. The first-order valence-electron chi connectivity index (χ1n) is 7.49. The number of nitrogens with one attached hydrogen (secondary N) is 1. The molecule has 0 aliphatic carbocycles. The molecule has 0 saturated carbocycles. The highest BCUT2D eigenvalue weighted by atomic mass is 127. The molecular weight excluding hydrogens is 433 g/mol. The van der Waals surface area contributed by atoms with E-state index in [1.54, 1.807) is 0 Å². The quantitative estimate of drug-likeness (QED) is 0.357. The van der Waals surface area contributed by atoms with Gasteiger partial charge in [-0.2, -0.15) is 0 Å². The van der Waals surface area contributed by atoms with Crippen LogP contribution in [-0.2, 0) is 9.63 Å². The minimum absolute atomic E-state index is 0.000851. The monoisotopic (exact) mass is 445 g/mol. The number of aromatic hydroxyl groups is 1. The highest BCUT2D eigenvalue weighted by Gasteiger charge is 2.29. The van der Waals surface area contributed by atoms with Gasteiger partial charge in [-0.1, -0.05) is 29.4 Å². The lowest BCUT2D eigenvalue weighted by molar-refractivity contribution is -0.140. The fraction of sp³-hybridized carbons (Fsp3) is 0.0556. The number of carbonyl (C=O) groups is 1. The van der Waals surface area contributed by atoms with Crippen molar-refractivity contribution in [3.05, 3.63) is 57.2 Å². The summed E-state index contributed by atoms with van der Waals surface area (Å²) in [6, 6.07) is 13.2. The lowest BCUT2D eigenvalue weighted by Gasteiger charge is -2.03. The van der Waals surface area contributed by atoms with Gasteiger partial charge in [-0.15, -0.1) is 0 Å². The number of benzene rings is 2. The molecule has 0 atom stereocenters. The number of fused-ring (bicyclic) bond motifs is 2. The maximum Gasteiger partial charge on any atom is 0.332 e. The molecular formula is C18H12IN3O3. The van der Waals surface area contributed by atoms with Crippen LogP contribution in [0.25, 0.3) is 10.9 Å². The van der Waals surface area contributed by atoms with Crippen LogP contribution < -0.4 is 0 Å². The molecule has 0 unspecified atom stereocenters. The van der Waals surface area contributed by atoms with Crippen LogP contribution in [0, 0.1) is 3.57 Å². The molecule has 1 aromatic heterocycles. The van der Waals surface area contributed by atoms with Gasteiger partial charge >= 0.3 is 5.97 Å². The van der Waals surface area contributed by atoms with Gasteiger partial charge in [0.15, 0.2) is 5.88 Å². The average Bonchev–Trinajstić information content (AvgIpc) is 3.08. The SMILES string of the molecule is CC(=O)ON=C1C(c2c(O)[nH]c3cc(I)ccc23)=Nc2ccccc21. The normalized spacial score (nSPS) is 14.6. The number of oxime groups is 1.